The number of anilines is 1. The first kappa shape index (κ1) is 27.7. The number of carbonyl (C=O) groups excluding carboxylic acids is 3. The molecule has 2 rings (SSSR count). The molecule has 1 aromatic heterocycles. The van der Waals surface area contributed by atoms with Crippen LogP contribution in [0.3, 0.4) is 0 Å². The largest absolute Gasteiger partial charge is 0.481 e. The van der Waals surface area contributed by atoms with Crippen LogP contribution in [0.5, 0.6) is 5.88 Å². The van der Waals surface area contributed by atoms with E-state index in [1.54, 1.807) is 12.1 Å². The van der Waals surface area contributed by atoms with Gasteiger partial charge in [-0.25, -0.2) is 4.98 Å². The molecule has 1 aromatic carbocycles. The number of rotatable bonds is 14. The number of nitrogens with zero attached hydrogens (tertiary/aromatic N) is 2. The summed E-state index contributed by atoms with van der Waals surface area (Å²) < 4.78 is 5.03. The summed E-state index contributed by atoms with van der Waals surface area (Å²) in [4.78, 5) is 43.9. The molecule has 2 atom stereocenters. The lowest BCUT2D eigenvalue weighted by atomic mass is 10.0. The Balaban J connectivity index is 2.06. The summed E-state index contributed by atoms with van der Waals surface area (Å²) in [6.07, 6.45) is 2.12. The maximum Gasteiger partial charge on any atom is 0.247 e. The molecule has 0 aliphatic rings. The summed E-state index contributed by atoms with van der Waals surface area (Å²) in [5.74, 6) is -0.934. The molecule has 0 saturated heterocycles. The quantitative estimate of drug-likeness (QED) is 0.240. The number of carbonyl (C=O) groups is 3. The highest BCUT2D eigenvalue weighted by atomic mass is 16.5. The molecule has 11 heteroatoms. The van der Waals surface area contributed by atoms with Gasteiger partial charge in [0.2, 0.25) is 23.6 Å². The molecule has 0 saturated carbocycles. The average molecular weight is 486 g/mol. The number of amides is 3. The second kappa shape index (κ2) is 14.7. The number of aryl methyl sites for hydroxylation is 1. The van der Waals surface area contributed by atoms with E-state index in [0.717, 1.165) is 5.56 Å². The number of benzene rings is 1. The topological polar surface area (TPSA) is 179 Å². The van der Waals surface area contributed by atoms with E-state index in [0.29, 0.717) is 37.5 Å². The fourth-order valence-corrected chi connectivity index (χ4v) is 3.39. The number of methoxy groups -OCH3 is 1. The summed E-state index contributed by atoms with van der Waals surface area (Å²) in [6, 6.07) is 10.8. The molecule has 8 N–H and O–H groups in total. The smallest absolute Gasteiger partial charge is 0.247 e. The molecular weight excluding hydrogens is 450 g/mol. The van der Waals surface area contributed by atoms with Crippen LogP contribution in [0, 0.1) is 0 Å². The van der Waals surface area contributed by atoms with E-state index in [1.807, 2.05) is 30.3 Å². The van der Waals surface area contributed by atoms with Gasteiger partial charge in [0.05, 0.1) is 31.5 Å². The SMILES string of the molecule is COc1ccc(NC(=O)C(CCc2ccccc2)NC(=O)C(N)CC(=O)N(CCN)CCN)cn1. The third-order valence-electron chi connectivity index (χ3n) is 5.29. The third kappa shape index (κ3) is 9.32. The highest BCUT2D eigenvalue weighted by molar-refractivity contribution is 5.98. The number of nitrogens with two attached hydrogens (primary N) is 3. The van der Waals surface area contributed by atoms with Crippen LogP contribution in [0.1, 0.15) is 18.4 Å². The van der Waals surface area contributed by atoms with Crippen molar-refractivity contribution < 1.29 is 19.1 Å². The van der Waals surface area contributed by atoms with Crippen molar-refractivity contribution in [3.05, 3.63) is 54.2 Å². The fraction of sp³-hybridized carbons (Fsp3) is 0.417. The molecule has 2 aromatic rings. The molecule has 1 heterocycles. The van der Waals surface area contributed by atoms with E-state index in [4.69, 9.17) is 21.9 Å². The summed E-state index contributed by atoms with van der Waals surface area (Å²) in [5, 5.41) is 5.45. The van der Waals surface area contributed by atoms with Gasteiger partial charge in [0.1, 0.15) is 6.04 Å². The molecule has 2 unspecified atom stereocenters. The summed E-state index contributed by atoms with van der Waals surface area (Å²) in [7, 11) is 1.50. The van der Waals surface area contributed by atoms with Crippen LogP contribution in [-0.2, 0) is 20.8 Å². The van der Waals surface area contributed by atoms with Crippen LogP contribution in [0.2, 0.25) is 0 Å². The third-order valence-corrected chi connectivity index (χ3v) is 5.29. The number of aromatic nitrogens is 1. The summed E-state index contributed by atoms with van der Waals surface area (Å²) >= 11 is 0. The first-order valence-electron chi connectivity index (χ1n) is 11.5. The number of hydrogen-bond acceptors (Lipinski definition) is 8. The highest BCUT2D eigenvalue weighted by Crippen LogP contribution is 2.13. The van der Waals surface area contributed by atoms with Gasteiger partial charge >= 0.3 is 0 Å². The molecular formula is C24H35N7O4. The number of nitrogens with one attached hydrogen (secondary N) is 2. The lowest BCUT2D eigenvalue weighted by Crippen LogP contribution is -2.52. The van der Waals surface area contributed by atoms with Gasteiger partial charge in [-0.05, 0) is 24.5 Å². The Morgan fingerprint density at radius 3 is 2.29 bits per heavy atom. The molecule has 0 bridgehead atoms. The van der Waals surface area contributed by atoms with Crippen molar-refractivity contribution in [1.29, 1.82) is 0 Å². The lowest BCUT2D eigenvalue weighted by molar-refractivity contribution is -0.134. The van der Waals surface area contributed by atoms with Crippen molar-refractivity contribution in [2.45, 2.75) is 31.3 Å². The van der Waals surface area contributed by atoms with Crippen LogP contribution >= 0.6 is 0 Å². The Labute approximate surface area is 205 Å². The standard InChI is InChI=1S/C24H35N7O4/c1-35-21-10-8-18(16-28-21)29-24(34)20(9-7-17-5-3-2-4-6-17)30-23(33)19(27)15-22(32)31(13-11-25)14-12-26/h2-6,8,10,16,19-20H,7,9,11-15,25-27H2,1H3,(H,29,34)(H,30,33). The predicted octanol–water partition coefficient (Wildman–Crippen LogP) is -0.390. The van der Waals surface area contributed by atoms with Crippen LogP contribution in [0.15, 0.2) is 48.7 Å². The summed E-state index contributed by atoms with van der Waals surface area (Å²) in [6.45, 7) is 1.19. The van der Waals surface area contributed by atoms with Gasteiger partial charge in [-0.3, -0.25) is 14.4 Å². The zero-order chi connectivity index (χ0) is 25.6. The van der Waals surface area contributed by atoms with Crippen molar-refractivity contribution in [1.82, 2.24) is 15.2 Å². The van der Waals surface area contributed by atoms with Gasteiger partial charge < -0.3 is 37.5 Å². The maximum atomic E-state index is 13.0. The molecule has 0 aliphatic carbocycles. The average Bonchev–Trinajstić information content (AvgIpc) is 2.87. The van der Waals surface area contributed by atoms with Crippen molar-refractivity contribution in [2.24, 2.45) is 17.2 Å². The fourth-order valence-electron chi connectivity index (χ4n) is 3.39. The molecule has 0 spiro atoms. The molecule has 0 radical (unpaired) electrons. The molecule has 0 aliphatic heterocycles. The predicted molar refractivity (Wildman–Crippen MR) is 133 cm³/mol. The number of ether oxygens (including phenoxy) is 1. The first-order valence-corrected chi connectivity index (χ1v) is 11.5. The molecule has 0 fully saturated rings. The Morgan fingerprint density at radius 1 is 1.03 bits per heavy atom. The number of hydrogen-bond donors (Lipinski definition) is 5. The van der Waals surface area contributed by atoms with Gasteiger partial charge in [0.15, 0.2) is 0 Å². The van der Waals surface area contributed by atoms with E-state index in [-0.39, 0.29) is 25.4 Å². The molecule has 35 heavy (non-hydrogen) atoms. The second-order valence-electron chi connectivity index (χ2n) is 7.93. The minimum absolute atomic E-state index is 0.221. The van der Waals surface area contributed by atoms with E-state index >= 15 is 0 Å². The van der Waals surface area contributed by atoms with E-state index in [9.17, 15) is 14.4 Å². The van der Waals surface area contributed by atoms with E-state index in [2.05, 4.69) is 15.6 Å². The van der Waals surface area contributed by atoms with Gasteiger partial charge in [-0.15, -0.1) is 0 Å². The maximum absolute atomic E-state index is 13.0. The minimum atomic E-state index is -1.13. The minimum Gasteiger partial charge on any atom is -0.481 e. The second-order valence-corrected chi connectivity index (χ2v) is 7.93. The van der Waals surface area contributed by atoms with Gasteiger partial charge in [0.25, 0.3) is 0 Å². The Bertz CT molecular complexity index is 935. The monoisotopic (exact) mass is 485 g/mol. The normalized spacial score (nSPS) is 12.3. The zero-order valence-electron chi connectivity index (χ0n) is 20.0. The van der Waals surface area contributed by atoms with Gasteiger partial charge in [-0.2, -0.15) is 0 Å². The Kier molecular flexibility index (Phi) is 11.6. The van der Waals surface area contributed by atoms with Crippen LogP contribution in [0.4, 0.5) is 5.69 Å². The van der Waals surface area contributed by atoms with Crippen molar-refractivity contribution in [3.8, 4) is 5.88 Å². The van der Waals surface area contributed by atoms with Crippen LogP contribution in [0.25, 0.3) is 0 Å². The molecule has 3 amide bonds. The summed E-state index contributed by atoms with van der Waals surface area (Å²) in [5.41, 5.74) is 18.6. The van der Waals surface area contributed by atoms with E-state index < -0.39 is 23.9 Å². The highest BCUT2D eigenvalue weighted by Gasteiger charge is 2.26. The first-order chi connectivity index (χ1) is 16.9. The molecule has 190 valence electrons. The Morgan fingerprint density at radius 2 is 1.71 bits per heavy atom. The van der Waals surface area contributed by atoms with Crippen molar-refractivity contribution >= 4 is 23.4 Å². The van der Waals surface area contributed by atoms with Crippen molar-refractivity contribution in [3.63, 3.8) is 0 Å². The lowest BCUT2D eigenvalue weighted by Gasteiger charge is -2.24. The van der Waals surface area contributed by atoms with Gasteiger partial charge in [0, 0.05) is 32.2 Å². The van der Waals surface area contributed by atoms with E-state index in [1.165, 1.54) is 18.2 Å². The van der Waals surface area contributed by atoms with Crippen molar-refractivity contribution in [2.75, 3.05) is 38.6 Å². The van der Waals surface area contributed by atoms with Crippen LogP contribution in [-0.4, -0.2) is 73.0 Å². The molecule has 11 nitrogen and oxygen atoms in total. The Hall–Kier alpha value is -3.54. The van der Waals surface area contributed by atoms with Gasteiger partial charge in [-0.1, -0.05) is 30.3 Å². The zero-order valence-corrected chi connectivity index (χ0v) is 20.0. The number of pyridine rings is 1. The van der Waals surface area contributed by atoms with Crippen LogP contribution < -0.4 is 32.6 Å².